The number of methoxy groups -OCH3 is 1. The highest BCUT2D eigenvalue weighted by molar-refractivity contribution is 5.88. The van der Waals surface area contributed by atoms with Gasteiger partial charge in [0.2, 0.25) is 11.2 Å². The molecule has 5 rings (SSSR count). The van der Waals surface area contributed by atoms with Crippen LogP contribution in [0.4, 0.5) is 0 Å². The van der Waals surface area contributed by atoms with E-state index in [1.54, 1.807) is 18.2 Å². The molecule has 5 N–H and O–H groups in total. The Morgan fingerprint density at radius 2 is 1.71 bits per heavy atom. The molecule has 180 valence electrons. The summed E-state index contributed by atoms with van der Waals surface area (Å²) in [4.78, 5) is 12.6. The Labute approximate surface area is 197 Å². The summed E-state index contributed by atoms with van der Waals surface area (Å²) in [6, 6.07) is 11.3. The molecule has 10 nitrogen and oxygen atoms in total. The molecule has 0 unspecified atom stereocenters. The minimum atomic E-state index is -0.872. The van der Waals surface area contributed by atoms with E-state index in [9.17, 15) is 30.3 Å². The number of benzene rings is 3. The smallest absolute Gasteiger partial charge is 0.238 e. The lowest BCUT2D eigenvalue weighted by atomic mass is 10.0. The van der Waals surface area contributed by atoms with E-state index in [4.69, 9.17) is 18.6 Å². The third-order valence-electron chi connectivity index (χ3n) is 5.72. The predicted octanol–water partition coefficient (Wildman–Crippen LogP) is 3.16. The largest absolute Gasteiger partial charge is 0.508 e. The van der Waals surface area contributed by atoms with E-state index in [0.29, 0.717) is 11.3 Å². The fraction of sp³-hybridized carbons (Fsp3) is 0.160. The molecule has 35 heavy (non-hydrogen) atoms. The Balaban J connectivity index is 1.56. The second-order valence-corrected chi connectivity index (χ2v) is 7.92. The first kappa shape index (κ1) is 22.2. The molecule has 0 saturated heterocycles. The highest BCUT2D eigenvalue weighted by Crippen LogP contribution is 2.44. The van der Waals surface area contributed by atoms with Gasteiger partial charge in [0.25, 0.3) is 0 Å². The van der Waals surface area contributed by atoms with Crippen LogP contribution in [0.25, 0.3) is 22.3 Å². The highest BCUT2D eigenvalue weighted by Gasteiger charge is 2.34. The Kier molecular flexibility index (Phi) is 5.29. The lowest BCUT2D eigenvalue weighted by Gasteiger charge is -2.33. The summed E-state index contributed by atoms with van der Waals surface area (Å²) in [5.74, 6) is -1.04. The van der Waals surface area contributed by atoms with Crippen molar-refractivity contribution in [2.75, 3.05) is 13.7 Å². The Morgan fingerprint density at radius 1 is 0.914 bits per heavy atom. The SMILES string of the molecule is COc1cc([C@@H]2Oc3ccc(-c4oc5cc(O)cc(O)c5c(=O)c4O)cc3O[C@H]2CO)ccc1O. The van der Waals surface area contributed by atoms with Crippen molar-refractivity contribution >= 4 is 11.0 Å². The zero-order valence-electron chi connectivity index (χ0n) is 18.3. The molecule has 0 spiro atoms. The van der Waals surface area contributed by atoms with E-state index >= 15 is 0 Å². The van der Waals surface area contributed by atoms with Crippen LogP contribution in [0.2, 0.25) is 0 Å². The van der Waals surface area contributed by atoms with E-state index in [-0.39, 0.29) is 45.3 Å². The summed E-state index contributed by atoms with van der Waals surface area (Å²) in [6.07, 6.45) is -1.54. The molecule has 3 aromatic carbocycles. The van der Waals surface area contributed by atoms with Crippen molar-refractivity contribution in [1.29, 1.82) is 0 Å². The Bertz CT molecular complexity index is 1510. The molecule has 0 aliphatic carbocycles. The van der Waals surface area contributed by atoms with E-state index in [2.05, 4.69) is 0 Å². The van der Waals surface area contributed by atoms with E-state index in [1.165, 1.54) is 25.3 Å². The number of aliphatic hydroxyl groups excluding tert-OH is 1. The second-order valence-electron chi connectivity index (χ2n) is 7.92. The molecule has 10 heteroatoms. The molecule has 0 saturated carbocycles. The maximum Gasteiger partial charge on any atom is 0.238 e. The number of rotatable bonds is 4. The van der Waals surface area contributed by atoms with E-state index in [0.717, 1.165) is 12.1 Å². The van der Waals surface area contributed by atoms with Gasteiger partial charge >= 0.3 is 0 Å². The number of fused-ring (bicyclic) bond motifs is 2. The molecular weight excluding hydrogens is 460 g/mol. The minimum Gasteiger partial charge on any atom is -0.508 e. The van der Waals surface area contributed by atoms with Gasteiger partial charge in [0.15, 0.2) is 41.0 Å². The zero-order valence-corrected chi connectivity index (χ0v) is 18.3. The quantitative estimate of drug-likeness (QED) is 0.294. The van der Waals surface area contributed by atoms with Gasteiger partial charge in [0.1, 0.15) is 22.5 Å². The van der Waals surface area contributed by atoms with Gasteiger partial charge in [-0.1, -0.05) is 6.07 Å². The number of phenolic OH excluding ortho intramolecular Hbond substituents is 3. The molecule has 4 aromatic rings. The van der Waals surface area contributed by atoms with Crippen LogP contribution in [0.1, 0.15) is 11.7 Å². The number of ether oxygens (including phenoxy) is 3. The predicted molar refractivity (Wildman–Crippen MR) is 122 cm³/mol. The van der Waals surface area contributed by atoms with Crippen LogP contribution < -0.4 is 19.6 Å². The Morgan fingerprint density at radius 3 is 2.46 bits per heavy atom. The summed E-state index contributed by atoms with van der Waals surface area (Å²) in [5.41, 5.74) is -0.132. The number of hydrogen-bond acceptors (Lipinski definition) is 10. The number of aliphatic hydroxyl groups is 1. The fourth-order valence-corrected chi connectivity index (χ4v) is 4.03. The van der Waals surface area contributed by atoms with Crippen LogP contribution in [-0.2, 0) is 0 Å². The summed E-state index contributed by atoms with van der Waals surface area (Å²) in [7, 11) is 1.42. The summed E-state index contributed by atoms with van der Waals surface area (Å²) in [5, 5.41) is 49.7. The standard InChI is InChI=1S/C25H20O10/c1-32-17-6-11(2-4-14(17)28)24-20(10-26)33-18-7-12(3-5-16(18)34-24)25-23(31)22(30)21-15(29)8-13(27)9-19(21)35-25/h2-9,20,24,26-29,31H,10H2,1H3/t20-,24-/m0/s1. The van der Waals surface area contributed by atoms with Crippen LogP contribution in [0.3, 0.4) is 0 Å². The first-order chi connectivity index (χ1) is 16.8. The van der Waals surface area contributed by atoms with E-state index < -0.39 is 35.7 Å². The number of phenols is 3. The zero-order chi connectivity index (χ0) is 24.9. The molecule has 0 amide bonds. The van der Waals surface area contributed by atoms with Crippen molar-refractivity contribution < 1.29 is 44.2 Å². The van der Waals surface area contributed by atoms with Crippen LogP contribution in [-0.4, -0.2) is 45.4 Å². The van der Waals surface area contributed by atoms with Gasteiger partial charge in [-0.3, -0.25) is 4.79 Å². The molecule has 0 radical (unpaired) electrons. The maximum atomic E-state index is 12.6. The fourth-order valence-electron chi connectivity index (χ4n) is 4.03. The van der Waals surface area contributed by atoms with Crippen molar-refractivity contribution in [3.05, 3.63) is 64.3 Å². The molecule has 1 aliphatic rings. The molecule has 2 heterocycles. The van der Waals surface area contributed by atoms with Gasteiger partial charge in [0.05, 0.1) is 13.7 Å². The summed E-state index contributed by atoms with van der Waals surface area (Å²) < 4.78 is 22.8. The second kappa shape index (κ2) is 8.33. The van der Waals surface area contributed by atoms with Crippen molar-refractivity contribution in [2.24, 2.45) is 0 Å². The third-order valence-corrected chi connectivity index (χ3v) is 5.72. The average Bonchev–Trinajstić information content (AvgIpc) is 2.85. The monoisotopic (exact) mass is 480 g/mol. The van der Waals surface area contributed by atoms with Crippen molar-refractivity contribution in [2.45, 2.75) is 12.2 Å². The van der Waals surface area contributed by atoms with Crippen LogP contribution in [0.15, 0.2) is 57.7 Å². The first-order valence-electron chi connectivity index (χ1n) is 10.5. The maximum absolute atomic E-state index is 12.6. The van der Waals surface area contributed by atoms with Crippen molar-refractivity contribution in [3.63, 3.8) is 0 Å². The lowest BCUT2D eigenvalue weighted by molar-refractivity contribution is -0.0123. The summed E-state index contributed by atoms with van der Waals surface area (Å²) >= 11 is 0. The van der Waals surface area contributed by atoms with Gasteiger partial charge in [0, 0.05) is 23.3 Å². The van der Waals surface area contributed by atoms with Crippen molar-refractivity contribution in [1.82, 2.24) is 0 Å². The van der Waals surface area contributed by atoms with Crippen molar-refractivity contribution in [3.8, 4) is 51.6 Å². The topological polar surface area (TPSA) is 159 Å². The normalized spacial score (nSPS) is 16.9. The summed E-state index contributed by atoms with van der Waals surface area (Å²) in [6.45, 7) is -0.396. The molecule has 1 aliphatic heterocycles. The minimum absolute atomic E-state index is 0.0445. The van der Waals surface area contributed by atoms with Gasteiger partial charge in [-0.15, -0.1) is 0 Å². The first-order valence-corrected chi connectivity index (χ1v) is 10.5. The van der Waals surface area contributed by atoms with Gasteiger partial charge < -0.3 is 44.2 Å². The molecule has 0 fully saturated rings. The van der Waals surface area contributed by atoms with Crippen LogP contribution >= 0.6 is 0 Å². The molecule has 2 atom stereocenters. The van der Waals surface area contributed by atoms with E-state index in [1.807, 2.05) is 0 Å². The highest BCUT2D eigenvalue weighted by atomic mass is 16.6. The molecular formula is C25H20O10. The number of hydrogen-bond donors (Lipinski definition) is 5. The number of aromatic hydroxyl groups is 4. The molecule has 1 aromatic heterocycles. The molecule has 0 bridgehead atoms. The van der Waals surface area contributed by atoms with Crippen LogP contribution in [0, 0.1) is 0 Å². The van der Waals surface area contributed by atoms with Gasteiger partial charge in [-0.25, -0.2) is 0 Å². The lowest BCUT2D eigenvalue weighted by Crippen LogP contribution is -2.36. The van der Waals surface area contributed by atoms with Gasteiger partial charge in [-0.05, 0) is 30.3 Å². The van der Waals surface area contributed by atoms with Crippen LogP contribution in [0.5, 0.6) is 40.2 Å². The van der Waals surface area contributed by atoms with Gasteiger partial charge in [-0.2, -0.15) is 0 Å². The average molecular weight is 480 g/mol. The third kappa shape index (κ3) is 3.69. The Hall–Kier alpha value is -4.57.